The summed E-state index contributed by atoms with van der Waals surface area (Å²) in [6, 6.07) is 9.52. The lowest BCUT2D eigenvalue weighted by atomic mass is 10.0. The van der Waals surface area contributed by atoms with Gasteiger partial charge in [0.15, 0.2) is 18.0 Å². The molecule has 2 N–H and O–H groups in total. The molecule has 1 unspecified atom stereocenters. The molecule has 27 heavy (non-hydrogen) atoms. The normalized spacial score (nSPS) is 21.1. The Kier molecular flexibility index (Phi) is 4.94. The van der Waals surface area contributed by atoms with Crippen molar-refractivity contribution in [1.82, 2.24) is 0 Å². The lowest BCUT2D eigenvalue weighted by molar-refractivity contribution is -0.910. The summed E-state index contributed by atoms with van der Waals surface area (Å²) in [4.78, 5) is 13.4. The maximum atomic E-state index is 13.7. The van der Waals surface area contributed by atoms with Crippen molar-refractivity contribution in [1.29, 1.82) is 0 Å². The molecule has 4 rings (SSSR count). The number of carbonyl (C=O) groups is 1. The second kappa shape index (κ2) is 7.52. The third kappa shape index (κ3) is 3.73. The molecule has 5 nitrogen and oxygen atoms in total. The first kappa shape index (κ1) is 17.7. The second-order valence-corrected chi connectivity index (χ2v) is 6.83. The van der Waals surface area contributed by atoms with Gasteiger partial charge in [0, 0.05) is 18.4 Å². The van der Waals surface area contributed by atoms with Crippen LogP contribution in [-0.2, 0) is 4.79 Å². The topological polar surface area (TPSA) is 52.0 Å². The van der Waals surface area contributed by atoms with Crippen molar-refractivity contribution >= 4 is 11.6 Å². The van der Waals surface area contributed by atoms with Crippen LogP contribution in [-0.4, -0.2) is 32.2 Å². The Labute approximate surface area is 155 Å². The summed E-state index contributed by atoms with van der Waals surface area (Å²) in [7, 11) is 0. The van der Waals surface area contributed by atoms with E-state index in [2.05, 4.69) is 5.32 Å². The highest BCUT2D eigenvalue weighted by Gasteiger charge is 2.32. The molecule has 1 amide bonds. The van der Waals surface area contributed by atoms with Crippen molar-refractivity contribution in [3.05, 3.63) is 53.6 Å². The maximum Gasteiger partial charge on any atom is 0.279 e. The molecule has 0 saturated carbocycles. The molecule has 2 aromatic carbocycles. The van der Waals surface area contributed by atoms with Gasteiger partial charge < -0.3 is 19.7 Å². The summed E-state index contributed by atoms with van der Waals surface area (Å²) in [6.45, 7) is 2.04. The Hall–Kier alpha value is -2.67. The van der Waals surface area contributed by atoms with E-state index in [1.165, 1.54) is 6.07 Å². The predicted molar refractivity (Wildman–Crippen MR) is 95.1 cm³/mol. The molecule has 0 spiro atoms. The van der Waals surface area contributed by atoms with Crippen LogP contribution in [0.1, 0.15) is 24.4 Å². The fourth-order valence-electron chi connectivity index (χ4n) is 3.81. The van der Waals surface area contributed by atoms with Crippen LogP contribution >= 0.6 is 0 Å². The number of rotatable bonds is 4. The molecule has 0 radical (unpaired) electrons. The van der Waals surface area contributed by atoms with E-state index in [0.29, 0.717) is 13.2 Å². The number of likely N-dealkylation sites (tertiary alicyclic amines) is 1. The Morgan fingerprint density at radius 2 is 1.85 bits per heavy atom. The van der Waals surface area contributed by atoms with E-state index in [4.69, 9.17) is 9.47 Å². The van der Waals surface area contributed by atoms with Gasteiger partial charge in [0.1, 0.15) is 36.6 Å². The molecule has 2 aromatic rings. The standard InChI is InChI=1S/C20H20F2N2O3/c21-14-3-1-4-15(22)20(14)23-19(25)12-24-8-2-5-16(24)13-6-7-17-18(11-13)27-10-9-26-17/h1,3-4,6-7,11,16H,2,5,8-10,12H2,(H,23,25)/p+1/t16-/m1/s1. The van der Waals surface area contributed by atoms with E-state index < -0.39 is 23.2 Å². The molecule has 2 aliphatic heterocycles. The average Bonchev–Trinajstić information content (AvgIpc) is 3.12. The highest BCUT2D eigenvalue weighted by Crippen LogP contribution is 2.33. The van der Waals surface area contributed by atoms with Crippen LogP contribution in [0.5, 0.6) is 11.5 Å². The van der Waals surface area contributed by atoms with Crippen LogP contribution in [0, 0.1) is 11.6 Å². The molecule has 142 valence electrons. The number of ether oxygens (including phenoxy) is 2. The van der Waals surface area contributed by atoms with Crippen molar-refractivity contribution in [2.45, 2.75) is 18.9 Å². The molecule has 0 aliphatic carbocycles. The molecule has 7 heteroatoms. The molecule has 0 bridgehead atoms. The number of carbonyl (C=O) groups excluding carboxylic acids is 1. The van der Waals surface area contributed by atoms with E-state index in [1.807, 2.05) is 18.2 Å². The third-order valence-corrected chi connectivity index (χ3v) is 5.07. The van der Waals surface area contributed by atoms with Gasteiger partial charge in [-0.2, -0.15) is 0 Å². The average molecular weight is 375 g/mol. The fourth-order valence-corrected chi connectivity index (χ4v) is 3.81. The van der Waals surface area contributed by atoms with E-state index in [0.717, 1.165) is 53.5 Å². The van der Waals surface area contributed by atoms with Crippen LogP contribution in [0.3, 0.4) is 0 Å². The SMILES string of the molecule is O=C(C[NH+]1CCC[C@@H]1c1ccc2c(c1)OCCO2)Nc1c(F)cccc1F. The van der Waals surface area contributed by atoms with Crippen LogP contribution in [0.15, 0.2) is 36.4 Å². The Balaban J connectivity index is 1.46. The minimum Gasteiger partial charge on any atom is -0.486 e. The van der Waals surface area contributed by atoms with E-state index in [9.17, 15) is 13.6 Å². The zero-order valence-corrected chi connectivity index (χ0v) is 14.8. The van der Waals surface area contributed by atoms with Crippen LogP contribution in [0.2, 0.25) is 0 Å². The molecule has 2 atom stereocenters. The lowest BCUT2D eigenvalue weighted by Crippen LogP contribution is -3.11. The van der Waals surface area contributed by atoms with E-state index in [-0.39, 0.29) is 12.6 Å². The van der Waals surface area contributed by atoms with Crippen molar-refractivity contribution in [2.24, 2.45) is 0 Å². The molecular weight excluding hydrogens is 354 g/mol. The van der Waals surface area contributed by atoms with Gasteiger partial charge in [0.2, 0.25) is 0 Å². The minimum atomic E-state index is -0.775. The number of hydrogen-bond donors (Lipinski definition) is 2. The summed E-state index contributed by atoms with van der Waals surface area (Å²) >= 11 is 0. The van der Waals surface area contributed by atoms with Crippen LogP contribution in [0.25, 0.3) is 0 Å². The first-order valence-corrected chi connectivity index (χ1v) is 9.10. The Bertz CT molecular complexity index is 839. The zero-order chi connectivity index (χ0) is 18.8. The summed E-state index contributed by atoms with van der Waals surface area (Å²) in [5.74, 6) is -0.495. The number of amides is 1. The third-order valence-electron chi connectivity index (χ3n) is 5.07. The van der Waals surface area contributed by atoms with Gasteiger partial charge in [0.05, 0.1) is 6.54 Å². The number of para-hydroxylation sites is 1. The van der Waals surface area contributed by atoms with Gasteiger partial charge in [-0.15, -0.1) is 0 Å². The van der Waals surface area contributed by atoms with Crippen molar-refractivity contribution in [3.8, 4) is 11.5 Å². The summed E-state index contributed by atoms with van der Waals surface area (Å²) < 4.78 is 38.7. The molecule has 2 heterocycles. The smallest absolute Gasteiger partial charge is 0.279 e. The number of anilines is 1. The molecule has 1 saturated heterocycles. The first-order valence-electron chi connectivity index (χ1n) is 9.10. The minimum absolute atomic E-state index is 0.136. The van der Waals surface area contributed by atoms with Crippen molar-refractivity contribution < 1.29 is 27.9 Å². The van der Waals surface area contributed by atoms with Gasteiger partial charge in [-0.3, -0.25) is 4.79 Å². The summed E-state index contributed by atoms with van der Waals surface area (Å²) in [5, 5.41) is 2.37. The lowest BCUT2D eigenvalue weighted by Gasteiger charge is -2.24. The first-order chi connectivity index (χ1) is 13.1. The van der Waals surface area contributed by atoms with Crippen LogP contribution in [0.4, 0.5) is 14.5 Å². The highest BCUT2D eigenvalue weighted by molar-refractivity contribution is 5.91. The molecule has 2 aliphatic rings. The van der Waals surface area contributed by atoms with Gasteiger partial charge in [0.25, 0.3) is 5.91 Å². The number of quaternary nitrogens is 1. The van der Waals surface area contributed by atoms with Crippen molar-refractivity contribution in [3.63, 3.8) is 0 Å². The fraction of sp³-hybridized carbons (Fsp3) is 0.350. The number of fused-ring (bicyclic) bond motifs is 1. The Morgan fingerprint density at radius 3 is 2.63 bits per heavy atom. The number of hydrogen-bond acceptors (Lipinski definition) is 3. The maximum absolute atomic E-state index is 13.7. The summed E-state index contributed by atoms with van der Waals surface area (Å²) in [6.07, 6.45) is 1.92. The second-order valence-electron chi connectivity index (χ2n) is 6.83. The number of benzene rings is 2. The molecular formula is C20H21F2N2O3+. The molecule has 1 fully saturated rings. The predicted octanol–water partition coefficient (Wildman–Crippen LogP) is 2.09. The quantitative estimate of drug-likeness (QED) is 0.861. The largest absolute Gasteiger partial charge is 0.486 e. The van der Waals surface area contributed by atoms with Gasteiger partial charge in [-0.05, 0) is 30.3 Å². The number of nitrogens with one attached hydrogen (secondary N) is 2. The van der Waals surface area contributed by atoms with Crippen LogP contribution < -0.4 is 19.7 Å². The number of halogens is 2. The molecule has 0 aromatic heterocycles. The van der Waals surface area contributed by atoms with Gasteiger partial charge in [-0.1, -0.05) is 6.07 Å². The zero-order valence-electron chi connectivity index (χ0n) is 14.8. The summed E-state index contributed by atoms with van der Waals surface area (Å²) in [5.41, 5.74) is 0.689. The van der Waals surface area contributed by atoms with Gasteiger partial charge in [-0.25, -0.2) is 8.78 Å². The van der Waals surface area contributed by atoms with E-state index >= 15 is 0 Å². The van der Waals surface area contributed by atoms with Crippen molar-refractivity contribution in [2.75, 3.05) is 31.6 Å². The monoisotopic (exact) mass is 375 g/mol. The van der Waals surface area contributed by atoms with E-state index in [1.54, 1.807) is 0 Å². The Morgan fingerprint density at radius 1 is 1.11 bits per heavy atom. The highest BCUT2D eigenvalue weighted by atomic mass is 19.1. The van der Waals surface area contributed by atoms with Gasteiger partial charge >= 0.3 is 0 Å².